The molecule has 0 heterocycles. The van der Waals surface area contributed by atoms with Crippen LogP contribution in [0.2, 0.25) is 0 Å². The number of nitrogens with zero attached hydrogens (tertiary/aromatic N) is 1. The lowest BCUT2D eigenvalue weighted by atomic mass is 9.85. The molecular weight excluding hydrogens is 254 g/mol. The van der Waals surface area contributed by atoms with Crippen molar-refractivity contribution in [2.45, 2.75) is 31.1 Å². The van der Waals surface area contributed by atoms with Gasteiger partial charge in [0, 0.05) is 23.7 Å². The van der Waals surface area contributed by atoms with Gasteiger partial charge >= 0.3 is 0 Å². The SMILES string of the molecule is CCN(CC1CCC1)c1cccc(SC)c1C(=N)N. The van der Waals surface area contributed by atoms with Crippen LogP contribution in [0.5, 0.6) is 0 Å². The van der Waals surface area contributed by atoms with Gasteiger partial charge in [-0.2, -0.15) is 0 Å². The van der Waals surface area contributed by atoms with Crippen molar-refractivity contribution in [2.75, 3.05) is 24.2 Å². The summed E-state index contributed by atoms with van der Waals surface area (Å²) in [5.74, 6) is 0.990. The quantitative estimate of drug-likeness (QED) is 0.476. The molecule has 4 heteroatoms. The minimum Gasteiger partial charge on any atom is -0.384 e. The summed E-state index contributed by atoms with van der Waals surface area (Å²) in [6.45, 7) is 4.23. The Morgan fingerprint density at radius 1 is 1.47 bits per heavy atom. The molecular formula is C15H23N3S. The van der Waals surface area contributed by atoms with E-state index < -0.39 is 0 Å². The van der Waals surface area contributed by atoms with Crippen molar-refractivity contribution in [2.24, 2.45) is 11.7 Å². The summed E-state index contributed by atoms with van der Waals surface area (Å²) >= 11 is 1.66. The molecule has 104 valence electrons. The van der Waals surface area contributed by atoms with Gasteiger partial charge in [-0.3, -0.25) is 5.41 Å². The second-order valence-electron chi connectivity index (χ2n) is 5.10. The Morgan fingerprint density at radius 3 is 2.68 bits per heavy atom. The number of nitrogens with two attached hydrogens (primary N) is 1. The maximum absolute atomic E-state index is 7.87. The van der Waals surface area contributed by atoms with Gasteiger partial charge in [0.15, 0.2) is 0 Å². The van der Waals surface area contributed by atoms with Crippen LogP contribution in [0.3, 0.4) is 0 Å². The van der Waals surface area contributed by atoms with E-state index in [-0.39, 0.29) is 5.84 Å². The molecule has 0 unspecified atom stereocenters. The molecule has 1 fully saturated rings. The largest absolute Gasteiger partial charge is 0.384 e. The molecule has 0 saturated heterocycles. The molecule has 1 aliphatic rings. The van der Waals surface area contributed by atoms with Gasteiger partial charge in [-0.25, -0.2) is 0 Å². The van der Waals surface area contributed by atoms with Gasteiger partial charge < -0.3 is 10.6 Å². The third kappa shape index (κ3) is 3.06. The number of benzene rings is 1. The van der Waals surface area contributed by atoms with E-state index in [0.717, 1.165) is 35.2 Å². The third-order valence-corrected chi connectivity index (χ3v) is 4.70. The van der Waals surface area contributed by atoms with E-state index in [0.29, 0.717) is 0 Å². The Morgan fingerprint density at radius 2 is 2.21 bits per heavy atom. The highest BCUT2D eigenvalue weighted by molar-refractivity contribution is 7.98. The molecule has 0 spiro atoms. The number of rotatable bonds is 6. The molecule has 1 aliphatic carbocycles. The monoisotopic (exact) mass is 277 g/mol. The molecule has 2 rings (SSSR count). The Hall–Kier alpha value is -1.16. The summed E-state index contributed by atoms with van der Waals surface area (Å²) in [5.41, 5.74) is 7.82. The fourth-order valence-electron chi connectivity index (χ4n) is 2.61. The van der Waals surface area contributed by atoms with Gasteiger partial charge in [-0.1, -0.05) is 12.5 Å². The highest BCUT2D eigenvalue weighted by Gasteiger charge is 2.22. The van der Waals surface area contributed by atoms with E-state index >= 15 is 0 Å². The van der Waals surface area contributed by atoms with Crippen LogP contribution in [0.15, 0.2) is 23.1 Å². The lowest BCUT2D eigenvalue weighted by Crippen LogP contribution is -2.34. The van der Waals surface area contributed by atoms with Gasteiger partial charge in [0.1, 0.15) is 5.84 Å². The molecule has 1 aromatic carbocycles. The topological polar surface area (TPSA) is 53.1 Å². The summed E-state index contributed by atoms with van der Waals surface area (Å²) in [5, 5.41) is 7.87. The maximum atomic E-state index is 7.87. The van der Waals surface area contributed by atoms with Crippen LogP contribution in [-0.4, -0.2) is 25.2 Å². The standard InChI is InChI=1S/C15H23N3S/c1-3-18(10-11-6-4-7-11)12-8-5-9-13(19-2)14(12)15(16)17/h5,8-9,11H,3-4,6-7,10H2,1-2H3,(H3,16,17). The maximum Gasteiger partial charge on any atom is 0.126 e. The second-order valence-corrected chi connectivity index (χ2v) is 5.95. The highest BCUT2D eigenvalue weighted by Crippen LogP contribution is 2.33. The average molecular weight is 277 g/mol. The number of nitrogen functional groups attached to an aromatic ring is 1. The second kappa shape index (κ2) is 6.33. The van der Waals surface area contributed by atoms with Crippen LogP contribution in [0.1, 0.15) is 31.7 Å². The zero-order valence-electron chi connectivity index (χ0n) is 11.8. The predicted octanol–water partition coefficient (Wildman–Crippen LogP) is 3.32. The minimum atomic E-state index is 0.173. The molecule has 19 heavy (non-hydrogen) atoms. The first-order valence-corrected chi connectivity index (χ1v) is 8.16. The van der Waals surface area contributed by atoms with Crippen LogP contribution >= 0.6 is 11.8 Å². The normalized spacial score (nSPS) is 15.1. The number of anilines is 1. The van der Waals surface area contributed by atoms with Crippen LogP contribution in [-0.2, 0) is 0 Å². The van der Waals surface area contributed by atoms with Crippen molar-refractivity contribution in [1.29, 1.82) is 5.41 Å². The molecule has 1 aromatic rings. The molecule has 0 radical (unpaired) electrons. The third-order valence-electron chi connectivity index (χ3n) is 3.92. The van der Waals surface area contributed by atoms with E-state index in [4.69, 9.17) is 11.1 Å². The van der Waals surface area contributed by atoms with Gasteiger partial charge in [0.05, 0.1) is 5.56 Å². The van der Waals surface area contributed by atoms with Gasteiger partial charge in [0.25, 0.3) is 0 Å². The number of amidine groups is 1. The first kappa shape index (κ1) is 14.3. The molecule has 0 atom stereocenters. The molecule has 3 nitrogen and oxygen atoms in total. The highest BCUT2D eigenvalue weighted by atomic mass is 32.2. The minimum absolute atomic E-state index is 0.173. The predicted molar refractivity (Wildman–Crippen MR) is 84.5 cm³/mol. The number of hydrogen-bond acceptors (Lipinski definition) is 3. The summed E-state index contributed by atoms with van der Waals surface area (Å²) in [7, 11) is 0. The molecule has 0 amide bonds. The first-order valence-electron chi connectivity index (χ1n) is 6.93. The summed E-state index contributed by atoms with van der Waals surface area (Å²) in [6.07, 6.45) is 6.09. The van der Waals surface area contributed by atoms with Gasteiger partial charge in [-0.15, -0.1) is 11.8 Å². The van der Waals surface area contributed by atoms with Crippen LogP contribution in [0.4, 0.5) is 5.69 Å². The smallest absolute Gasteiger partial charge is 0.126 e. The van der Waals surface area contributed by atoms with Crippen molar-refractivity contribution >= 4 is 23.3 Å². The molecule has 3 N–H and O–H groups in total. The van der Waals surface area contributed by atoms with Gasteiger partial charge in [-0.05, 0) is 44.1 Å². The van der Waals surface area contributed by atoms with Crippen molar-refractivity contribution in [1.82, 2.24) is 0 Å². The lowest BCUT2D eigenvalue weighted by molar-refractivity contribution is 0.318. The Labute approximate surface area is 120 Å². The summed E-state index contributed by atoms with van der Waals surface area (Å²) in [4.78, 5) is 3.47. The van der Waals surface area contributed by atoms with E-state index in [1.54, 1.807) is 11.8 Å². The fourth-order valence-corrected chi connectivity index (χ4v) is 3.24. The van der Waals surface area contributed by atoms with E-state index in [1.165, 1.54) is 19.3 Å². The first-order chi connectivity index (χ1) is 9.17. The number of hydrogen-bond donors (Lipinski definition) is 2. The van der Waals surface area contributed by atoms with Crippen molar-refractivity contribution in [3.8, 4) is 0 Å². The Balaban J connectivity index is 2.32. The van der Waals surface area contributed by atoms with Crippen molar-refractivity contribution in [3.05, 3.63) is 23.8 Å². The van der Waals surface area contributed by atoms with E-state index in [9.17, 15) is 0 Å². The lowest BCUT2D eigenvalue weighted by Gasteiger charge is -2.34. The van der Waals surface area contributed by atoms with Crippen molar-refractivity contribution in [3.63, 3.8) is 0 Å². The van der Waals surface area contributed by atoms with Crippen molar-refractivity contribution < 1.29 is 0 Å². The number of thioether (sulfide) groups is 1. The fraction of sp³-hybridized carbons (Fsp3) is 0.533. The summed E-state index contributed by atoms with van der Waals surface area (Å²) in [6, 6.07) is 6.21. The Kier molecular flexibility index (Phi) is 4.75. The van der Waals surface area contributed by atoms with Crippen LogP contribution < -0.4 is 10.6 Å². The average Bonchev–Trinajstić information content (AvgIpc) is 2.36. The van der Waals surface area contributed by atoms with Crippen LogP contribution in [0, 0.1) is 11.3 Å². The molecule has 0 bridgehead atoms. The van der Waals surface area contributed by atoms with Crippen LogP contribution in [0.25, 0.3) is 0 Å². The molecule has 1 saturated carbocycles. The Bertz CT molecular complexity index is 455. The van der Waals surface area contributed by atoms with Gasteiger partial charge in [0.2, 0.25) is 0 Å². The molecule has 0 aliphatic heterocycles. The number of nitrogens with one attached hydrogen (secondary N) is 1. The molecule has 0 aromatic heterocycles. The van der Waals surface area contributed by atoms with E-state index in [2.05, 4.69) is 24.0 Å². The zero-order valence-corrected chi connectivity index (χ0v) is 12.6. The van der Waals surface area contributed by atoms with E-state index in [1.807, 2.05) is 12.3 Å². The summed E-state index contributed by atoms with van der Waals surface area (Å²) < 4.78 is 0. The zero-order chi connectivity index (χ0) is 13.8.